The van der Waals surface area contributed by atoms with Gasteiger partial charge >= 0.3 is 0 Å². The van der Waals surface area contributed by atoms with Gasteiger partial charge < -0.3 is 15.0 Å². The molecule has 0 unspecified atom stereocenters. The molecule has 0 radical (unpaired) electrons. The number of benzene rings is 3. The van der Waals surface area contributed by atoms with Crippen LogP contribution in [0.25, 0.3) is 0 Å². The van der Waals surface area contributed by atoms with Crippen molar-refractivity contribution in [2.24, 2.45) is 0 Å². The number of nitrogens with one attached hydrogen (secondary N) is 1. The third kappa shape index (κ3) is 9.74. The number of carbonyl (C=O) groups is 2. The van der Waals surface area contributed by atoms with Crippen LogP contribution >= 0.6 is 27.5 Å². The van der Waals surface area contributed by atoms with Gasteiger partial charge in [0.05, 0.1) is 24.1 Å². The van der Waals surface area contributed by atoms with Gasteiger partial charge in [-0.3, -0.25) is 13.9 Å². The Bertz CT molecular complexity index is 1470. The average molecular weight is 679 g/mol. The maximum atomic E-state index is 13.9. The van der Waals surface area contributed by atoms with Crippen LogP contribution < -0.4 is 14.4 Å². The van der Waals surface area contributed by atoms with Crippen molar-refractivity contribution >= 4 is 55.1 Å². The largest absolute Gasteiger partial charge is 0.495 e. The summed E-state index contributed by atoms with van der Waals surface area (Å²) in [6.45, 7) is 4.02. The molecule has 0 aliphatic carbocycles. The van der Waals surface area contributed by atoms with Gasteiger partial charge in [-0.1, -0.05) is 70.0 Å². The Hall–Kier alpha value is -3.08. The van der Waals surface area contributed by atoms with Crippen molar-refractivity contribution in [3.05, 3.63) is 93.4 Å². The lowest BCUT2D eigenvalue weighted by Gasteiger charge is -2.32. The van der Waals surface area contributed by atoms with E-state index in [-0.39, 0.29) is 48.8 Å². The highest BCUT2D eigenvalue weighted by atomic mass is 79.9. The molecule has 0 aliphatic rings. The van der Waals surface area contributed by atoms with Crippen LogP contribution in [0.2, 0.25) is 5.02 Å². The Morgan fingerprint density at radius 2 is 1.69 bits per heavy atom. The second-order valence-electron chi connectivity index (χ2n) is 10.3. The number of nitrogens with zero attached hydrogens (tertiary/aromatic N) is 2. The molecule has 0 saturated carbocycles. The first-order valence-corrected chi connectivity index (χ1v) is 16.6. The van der Waals surface area contributed by atoms with Crippen LogP contribution in [0.4, 0.5) is 5.69 Å². The Kier molecular flexibility index (Phi) is 12.3. The van der Waals surface area contributed by atoms with E-state index in [0.29, 0.717) is 17.9 Å². The summed E-state index contributed by atoms with van der Waals surface area (Å²) in [6.07, 6.45) is 1.70. The zero-order valence-corrected chi connectivity index (χ0v) is 27.4. The molecule has 0 spiro atoms. The first-order valence-electron chi connectivity index (χ1n) is 13.6. The zero-order chi connectivity index (χ0) is 30.9. The Labute approximate surface area is 262 Å². The Morgan fingerprint density at radius 3 is 2.29 bits per heavy atom. The van der Waals surface area contributed by atoms with E-state index in [9.17, 15) is 18.0 Å². The standard InChI is InChI=1S/C31H37BrClN3O5S/c1-22(2)34-31(38)28(19-23-10-6-5-7-11-23)35(21-24-12-8-13-25(32)18-24)30(37)14-9-17-36(42(4,39)40)26-15-16-29(41-3)27(33)20-26/h5-8,10-13,15-16,18,20,22,28H,9,14,17,19,21H2,1-4H3,(H,34,38)/t28-/m1/s1. The molecular weight excluding hydrogens is 642 g/mol. The van der Waals surface area contributed by atoms with E-state index < -0.39 is 16.1 Å². The number of hydrogen-bond donors (Lipinski definition) is 1. The van der Waals surface area contributed by atoms with Gasteiger partial charge in [0.1, 0.15) is 11.8 Å². The molecule has 0 aliphatic heterocycles. The second-order valence-corrected chi connectivity index (χ2v) is 13.5. The summed E-state index contributed by atoms with van der Waals surface area (Å²) in [5.74, 6) is -0.0739. The molecule has 226 valence electrons. The van der Waals surface area contributed by atoms with Gasteiger partial charge in [0, 0.05) is 36.4 Å². The minimum atomic E-state index is -3.67. The van der Waals surface area contributed by atoms with E-state index in [1.165, 1.54) is 17.5 Å². The lowest BCUT2D eigenvalue weighted by Crippen LogP contribution is -2.51. The first kappa shape index (κ1) is 33.4. The number of anilines is 1. The fraction of sp³-hybridized carbons (Fsp3) is 0.355. The van der Waals surface area contributed by atoms with E-state index in [0.717, 1.165) is 21.9 Å². The van der Waals surface area contributed by atoms with Crippen molar-refractivity contribution in [2.45, 2.75) is 51.7 Å². The molecule has 2 amide bonds. The van der Waals surface area contributed by atoms with E-state index >= 15 is 0 Å². The molecule has 8 nitrogen and oxygen atoms in total. The average Bonchev–Trinajstić information content (AvgIpc) is 2.92. The van der Waals surface area contributed by atoms with Gasteiger partial charge in [-0.25, -0.2) is 8.42 Å². The molecule has 3 rings (SSSR count). The lowest BCUT2D eigenvalue weighted by molar-refractivity contribution is -0.141. The number of ether oxygens (including phenoxy) is 1. The molecule has 42 heavy (non-hydrogen) atoms. The highest BCUT2D eigenvalue weighted by molar-refractivity contribution is 9.10. The van der Waals surface area contributed by atoms with Crippen molar-refractivity contribution in [1.29, 1.82) is 0 Å². The van der Waals surface area contributed by atoms with E-state index in [1.807, 2.05) is 68.4 Å². The van der Waals surface area contributed by atoms with Crippen molar-refractivity contribution in [1.82, 2.24) is 10.2 Å². The fourth-order valence-electron chi connectivity index (χ4n) is 4.58. The normalized spacial score (nSPS) is 12.1. The van der Waals surface area contributed by atoms with Crippen molar-refractivity contribution in [3.63, 3.8) is 0 Å². The molecule has 0 heterocycles. The zero-order valence-electron chi connectivity index (χ0n) is 24.2. The smallest absolute Gasteiger partial charge is 0.243 e. The van der Waals surface area contributed by atoms with Crippen LogP contribution in [-0.4, -0.2) is 57.1 Å². The van der Waals surface area contributed by atoms with Gasteiger partial charge in [0.15, 0.2) is 0 Å². The minimum Gasteiger partial charge on any atom is -0.495 e. The predicted molar refractivity (Wildman–Crippen MR) is 171 cm³/mol. The number of rotatable bonds is 14. The summed E-state index contributed by atoms with van der Waals surface area (Å²) in [5.41, 5.74) is 2.16. The number of halogens is 2. The number of sulfonamides is 1. The number of hydrogen-bond acceptors (Lipinski definition) is 5. The third-order valence-electron chi connectivity index (χ3n) is 6.52. The summed E-state index contributed by atoms with van der Waals surface area (Å²) in [4.78, 5) is 29.0. The number of methoxy groups -OCH3 is 1. The lowest BCUT2D eigenvalue weighted by atomic mass is 10.0. The number of amides is 2. The van der Waals surface area contributed by atoms with Crippen LogP contribution in [0, 0.1) is 0 Å². The topological polar surface area (TPSA) is 96.0 Å². The maximum absolute atomic E-state index is 13.9. The molecule has 0 fully saturated rings. The first-order chi connectivity index (χ1) is 19.9. The van der Waals surface area contributed by atoms with Crippen LogP contribution in [0.3, 0.4) is 0 Å². The number of carbonyl (C=O) groups excluding carboxylic acids is 2. The van der Waals surface area contributed by atoms with Crippen molar-refractivity contribution < 1.29 is 22.7 Å². The summed E-state index contributed by atoms with van der Waals surface area (Å²) >= 11 is 9.75. The van der Waals surface area contributed by atoms with Gasteiger partial charge in [0.25, 0.3) is 0 Å². The molecular formula is C31H37BrClN3O5S. The summed E-state index contributed by atoms with van der Waals surface area (Å²) in [7, 11) is -2.19. The van der Waals surface area contributed by atoms with E-state index in [1.54, 1.807) is 17.0 Å². The monoisotopic (exact) mass is 677 g/mol. The van der Waals surface area contributed by atoms with Crippen LogP contribution in [0.5, 0.6) is 5.75 Å². The summed E-state index contributed by atoms with van der Waals surface area (Å²) in [5, 5.41) is 3.25. The molecule has 3 aromatic carbocycles. The molecule has 0 saturated heterocycles. The van der Waals surface area contributed by atoms with E-state index in [2.05, 4.69) is 21.2 Å². The quantitative estimate of drug-likeness (QED) is 0.232. The van der Waals surface area contributed by atoms with Crippen LogP contribution in [0.1, 0.15) is 37.8 Å². The van der Waals surface area contributed by atoms with Crippen molar-refractivity contribution in [3.8, 4) is 5.75 Å². The molecule has 1 atom stereocenters. The SMILES string of the molecule is COc1ccc(N(CCCC(=O)N(Cc2cccc(Br)c2)[C@H](Cc2ccccc2)C(=O)NC(C)C)S(C)(=O)=O)cc1Cl. The van der Waals surface area contributed by atoms with Gasteiger partial charge in [0.2, 0.25) is 21.8 Å². The molecule has 0 aromatic heterocycles. The Balaban J connectivity index is 1.89. The fourth-order valence-corrected chi connectivity index (χ4v) is 6.24. The van der Waals surface area contributed by atoms with Crippen LogP contribution in [0.15, 0.2) is 77.3 Å². The van der Waals surface area contributed by atoms with Crippen LogP contribution in [-0.2, 0) is 32.6 Å². The highest BCUT2D eigenvalue weighted by Gasteiger charge is 2.31. The molecule has 11 heteroatoms. The highest BCUT2D eigenvalue weighted by Crippen LogP contribution is 2.30. The van der Waals surface area contributed by atoms with E-state index in [4.69, 9.17) is 16.3 Å². The minimum absolute atomic E-state index is 0.0319. The summed E-state index contributed by atoms with van der Waals surface area (Å²) in [6, 6.07) is 21.0. The molecule has 3 aromatic rings. The van der Waals surface area contributed by atoms with Gasteiger partial charge in [-0.15, -0.1) is 0 Å². The van der Waals surface area contributed by atoms with Gasteiger partial charge in [-0.2, -0.15) is 0 Å². The molecule has 1 N–H and O–H groups in total. The van der Waals surface area contributed by atoms with Gasteiger partial charge in [-0.05, 0) is 61.7 Å². The summed E-state index contributed by atoms with van der Waals surface area (Å²) < 4.78 is 32.6. The molecule has 0 bridgehead atoms. The Morgan fingerprint density at radius 1 is 1.00 bits per heavy atom. The van der Waals surface area contributed by atoms with Crippen molar-refractivity contribution in [2.75, 3.05) is 24.2 Å². The predicted octanol–water partition coefficient (Wildman–Crippen LogP) is 5.82. The second kappa shape index (κ2) is 15.4. The maximum Gasteiger partial charge on any atom is 0.243 e. The third-order valence-corrected chi connectivity index (χ3v) is 8.50.